The van der Waals surface area contributed by atoms with E-state index >= 15 is 0 Å². The van der Waals surface area contributed by atoms with Crippen LogP contribution in [0.25, 0.3) is 21.3 Å². The minimum absolute atomic E-state index is 0.252. The van der Waals surface area contributed by atoms with Crippen molar-refractivity contribution in [3.63, 3.8) is 0 Å². The van der Waals surface area contributed by atoms with E-state index < -0.39 is 0 Å². The van der Waals surface area contributed by atoms with Crippen LogP contribution in [0.3, 0.4) is 0 Å². The molecule has 3 aromatic heterocycles. The number of anilines is 1. The van der Waals surface area contributed by atoms with Crippen molar-refractivity contribution in [2.24, 2.45) is 0 Å². The average molecular weight is 384 g/mol. The number of pyridine rings is 2. The highest BCUT2D eigenvalue weighted by Crippen LogP contribution is 2.39. The van der Waals surface area contributed by atoms with Crippen molar-refractivity contribution in [1.29, 1.82) is 0 Å². The second kappa shape index (κ2) is 7.02. The molecule has 0 saturated carbocycles. The van der Waals surface area contributed by atoms with Crippen molar-refractivity contribution in [3.05, 3.63) is 76.3 Å². The van der Waals surface area contributed by atoms with Gasteiger partial charge in [0, 0.05) is 27.7 Å². The number of hydrogen-bond donors (Lipinski definition) is 1. The average Bonchev–Trinajstić information content (AvgIpc) is 3.04. The number of aromatic nitrogens is 2. The van der Waals surface area contributed by atoms with Crippen LogP contribution < -0.4 is 5.32 Å². The minimum Gasteiger partial charge on any atom is -0.379 e. The van der Waals surface area contributed by atoms with Gasteiger partial charge in [0.05, 0.1) is 12.2 Å². The zero-order chi connectivity index (χ0) is 18.1. The van der Waals surface area contributed by atoms with Crippen LogP contribution in [0.5, 0.6) is 0 Å². The molecule has 1 aromatic carbocycles. The highest BCUT2D eigenvalue weighted by atomic mass is 35.5. The Labute approximate surface area is 159 Å². The third kappa shape index (κ3) is 3.41. The molecule has 0 spiro atoms. The first-order valence-electron chi connectivity index (χ1n) is 8.10. The predicted octanol–water partition coefficient (Wildman–Crippen LogP) is 6.07. The fourth-order valence-corrected chi connectivity index (χ4v) is 4.09. The number of nitrogens with zero attached hydrogens (tertiary/aromatic N) is 2. The van der Waals surface area contributed by atoms with Crippen LogP contribution in [-0.4, -0.2) is 9.97 Å². The lowest BCUT2D eigenvalue weighted by Gasteiger charge is -2.10. The molecule has 0 unspecified atom stereocenters. The lowest BCUT2D eigenvalue weighted by atomic mass is 10.0. The molecule has 0 aliphatic heterocycles. The maximum absolute atomic E-state index is 13.3. The summed E-state index contributed by atoms with van der Waals surface area (Å²) in [7, 11) is 0. The van der Waals surface area contributed by atoms with Crippen LogP contribution in [0.1, 0.15) is 11.4 Å². The van der Waals surface area contributed by atoms with Gasteiger partial charge in [-0.05, 0) is 42.8 Å². The summed E-state index contributed by atoms with van der Waals surface area (Å²) in [4.78, 5) is 9.79. The maximum atomic E-state index is 13.3. The summed E-state index contributed by atoms with van der Waals surface area (Å²) in [5.74, 6) is -0.252. The molecular weight excluding hydrogens is 369 g/mol. The zero-order valence-corrected chi connectivity index (χ0v) is 15.5. The summed E-state index contributed by atoms with van der Waals surface area (Å²) >= 11 is 7.72. The summed E-state index contributed by atoms with van der Waals surface area (Å²) in [5.41, 5.74) is 4.77. The van der Waals surface area contributed by atoms with Gasteiger partial charge in [0.25, 0.3) is 0 Å². The van der Waals surface area contributed by atoms with Gasteiger partial charge in [0.15, 0.2) is 0 Å². The van der Waals surface area contributed by atoms with Crippen molar-refractivity contribution in [1.82, 2.24) is 9.97 Å². The normalized spacial score (nSPS) is 11.0. The molecule has 0 aliphatic rings. The number of hydrogen-bond acceptors (Lipinski definition) is 4. The van der Waals surface area contributed by atoms with Crippen LogP contribution in [0.15, 0.2) is 53.9 Å². The van der Waals surface area contributed by atoms with Gasteiger partial charge in [-0.15, -0.1) is 11.3 Å². The topological polar surface area (TPSA) is 37.8 Å². The first-order chi connectivity index (χ1) is 12.6. The molecule has 6 heteroatoms. The van der Waals surface area contributed by atoms with Crippen molar-refractivity contribution in [3.8, 4) is 11.1 Å². The molecule has 0 atom stereocenters. The number of benzene rings is 1. The Kier molecular flexibility index (Phi) is 4.57. The highest BCUT2D eigenvalue weighted by molar-refractivity contribution is 7.17. The Hall–Kier alpha value is -2.50. The Morgan fingerprint density at radius 3 is 2.69 bits per heavy atom. The lowest BCUT2D eigenvalue weighted by molar-refractivity contribution is 0.628. The minimum atomic E-state index is -0.252. The Balaban J connectivity index is 1.75. The van der Waals surface area contributed by atoms with E-state index in [1.54, 1.807) is 12.1 Å². The first kappa shape index (κ1) is 16.9. The van der Waals surface area contributed by atoms with E-state index in [4.69, 9.17) is 11.6 Å². The van der Waals surface area contributed by atoms with E-state index in [0.29, 0.717) is 11.7 Å². The van der Waals surface area contributed by atoms with Gasteiger partial charge < -0.3 is 5.32 Å². The smallest absolute Gasteiger partial charge is 0.132 e. The fourth-order valence-electron chi connectivity index (χ4n) is 2.88. The van der Waals surface area contributed by atoms with Crippen molar-refractivity contribution in [2.45, 2.75) is 13.5 Å². The molecule has 0 amide bonds. The third-order valence-corrected chi connectivity index (χ3v) is 5.14. The zero-order valence-electron chi connectivity index (χ0n) is 14.0. The molecule has 130 valence electrons. The Morgan fingerprint density at radius 2 is 1.92 bits per heavy atom. The molecule has 0 bridgehead atoms. The van der Waals surface area contributed by atoms with Gasteiger partial charge in [0.1, 0.15) is 15.8 Å². The quantitative estimate of drug-likeness (QED) is 0.434. The molecule has 0 radical (unpaired) electrons. The largest absolute Gasteiger partial charge is 0.379 e. The molecule has 3 nitrogen and oxygen atoms in total. The van der Waals surface area contributed by atoms with Gasteiger partial charge in [-0.25, -0.2) is 9.37 Å². The van der Waals surface area contributed by atoms with Gasteiger partial charge >= 0.3 is 0 Å². The summed E-state index contributed by atoms with van der Waals surface area (Å²) in [6.07, 6.45) is 0. The summed E-state index contributed by atoms with van der Waals surface area (Å²) in [6.45, 7) is 2.55. The van der Waals surface area contributed by atoms with Gasteiger partial charge in [0.2, 0.25) is 0 Å². The van der Waals surface area contributed by atoms with Crippen LogP contribution in [0.2, 0.25) is 5.15 Å². The number of fused-ring (bicyclic) bond motifs is 1. The van der Waals surface area contributed by atoms with Crippen molar-refractivity contribution >= 4 is 38.8 Å². The summed E-state index contributed by atoms with van der Waals surface area (Å²) in [5, 5.41) is 6.87. The van der Waals surface area contributed by atoms with Gasteiger partial charge in [-0.1, -0.05) is 29.8 Å². The molecule has 0 aliphatic carbocycles. The van der Waals surface area contributed by atoms with E-state index in [9.17, 15) is 4.39 Å². The summed E-state index contributed by atoms with van der Waals surface area (Å²) in [6, 6.07) is 14.2. The highest BCUT2D eigenvalue weighted by Gasteiger charge is 2.14. The van der Waals surface area contributed by atoms with Gasteiger partial charge in [-0.3, -0.25) is 4.98 Å². The molecule has 1 N–H and O–H groups in total. The van der Waals surface area contributed by atoms with E-state index in [1.807, 2.05) is 36.6 Å². The molecule has 3 heterocycles. The number of thiophene rings is 1. The second-order valence-corrected chi connectivity index (χ2v) is 7.20. The molecular formula is C20H15ClFN3S. The monoisotopic (exact) mass is 383 g/mol. The molecule has 0 fully saturated rings. The molecule has 26 heavy (non-hydrogen) atoms. The lowest BCUT2D eigenvalue weighted by Crippen LogP contribution is -2.03. The molecule has 0 saturated heterocycles. The van der Waals surface area contributed by atoms with Crippen molar-refractivity contribution in [2.75, 3.05) is 5.32 Å². The van der Waals surface area contributed by atoms with E-state index in [-0.39, 0.29) is 5.82 Å². The van der Waals surface area contributed by atoms with Crippen LogP contribution in [0, 0.1) is 12.7 Å². The van der Waals surface area contributed by atoms with E-state index in [0.717, 1.165) is 38.4 Å². The van der Waals surface area contributed by atoms with Crippen molar-refractivity contribution < 1.29 is 4.39 Å². The third-order valence-electron chi connectivity index (χ3n) is 4.07. The fraction of sp³-hybridized carbons (Fsp3) is 0.100. The summed E-state index contributed by atoms with van der Waals surface area (Å²) < 4.78 is 13.3. The van der Waals surface area contributed by atoms with Crippen LogP contribution in [0.4, 0.5) is 10.1 Å². The van der Waals surface area contributed by atoms with Gasteiger partial charge in [-0.2, -0.15) is 0 Å². The van der Waals surface area contributed by atoms with E-state index in [2.05, 4.69) is 15.3 Å². The van der Waals surface area contributed by atoms with Crippen LogP contribution >= 0.6 is 22.9 Å². The first-order valence-corrected chi connectivity index (χ1v) is 9.36. The Morgan fingerprint density at radius 1 is 1.12 bits per heavy atom. The maximum Gasteiger partial charge on any atom is 0.132 e. The number of aryl methyl sites for hydroxylation is 1. The Bertz CT molecular complexity index is 1080. The molecule has 4 rings (SSSR count). The van der Waals surface area contributed by atoms with E-state index in [1.165, 1.54) is 23.5 Å². The SMILES string of the molecule is Cc1cccc(CNc2cc(Cl)nc3scc(-c4ccc(F)cc4)c23)n1. The predicted molar refractivity (Wildman–Crippen MR) is 106 cm³/mol. The molecule has 4 aromatic rings. The number of rotatable bonds is 4. The number of halogens is 2. The second-order valence-electron chi connectivity index (χ2n) is 5.95. The number of nitrogens with one attached hydrogen (secondary N) is 1. The standard InChI is InChI=1S/C20H15ClFN3S/c1-12-3-2-4-15(24-12)10-23-17-9-18(21)25-20-19(17)16(11-26-20)13-5-7-14(22)8-6-13/h2-9,11H,10H2,1H3,(H,23,25). The van der Waals surface area contributed by atoms with Crippen LogP contribution in [-0.2, 0) is 6.54 Å².